The van der Waals surface area contributed by atoms with Crippen molar-refractivity contribution >= 4 is 24.0 Å². The first-order valence-corrected chi connectivity index (χ1v) is 7.45. The maximum atomic E-state index is 12.6. The highest BCUT2D eigenvalue weighted by atomic mass is 16.5. The van der Waals surface area contributed by atoms with E-state index in [1.807, 2.05) is 0 Å². The molecule has 0 saturated carbocycles. The molecule has 7 nitrogen and oxygen atoms in total. The lowest BCUT2D eigenvalue weighted by atomic mass is 10.0. The molecule has 2 heterocycles. The summed E-state index contributed by atoms with van der Waals surface area (Å²) in [7, 11) is 0. The van der Waals surface area contributed by atoms with Crippen LogP contribution in [0.15, 0.2) is 18.2 Å². The van der Waals surface area contributed by atoms with Gasteiger partial charge >= 0.3 is 0 Å². The van der Waals surface area contributed by atoms with Crippen molar-refractivity contribution < 1.29 is 23.9 Å². The fraction of sp³-hybridized carbons (Fsp3) is 0.375. The first-order valence-electron chi connectivity index (χ1n) is 7.45. The van der Waals surface area contributed by atoms with Gasteiger partial charge in [0.1, 0.15) is 18.1 Å². The van der Waals surface area contributed by atoms with Crippen molar-refractivity contribution in [3.8, 4) is 5.75 Å². The van der Waals surface area contributed by atoms with Gasteiger partial charge in [-0.1, -0.05) is 6.07 Å². The molecular weight excluding hydrogens is 300 g/mol. The minimum atomic E-state index is -0.643. The van der Waals surface area contributed by atoms with Crippen LogP contribution in [0.4, 0.5) is 0 Å². The number of rotatable bonds is 5. The van der Waals surface area contributed by atoms with Gasteiger partial charge in [0.15, 0.2) is 0 Å². The molecule has 7 heteroatoms. The van der Waals surface area contributed by atoms with E-state index in [0.29, 0.717) is 23.3 Å². The first kappa shape index (κ1) is 15.2. The van der Waals surface area contributed by atoms with E-state index in [1.54, 1.807) is 18.2 Å². The van der Waals surface area contributed by atoms with Crippen molar-refractivity contribution in [3.05, 3.63) is 29.3 Å². The maximum Gasteiger partial charge on any atom is 0.255 e. The Labute approximate surface area is 132 Å². The predicted octanol–water partition coefficient (Wildman–Crippen LogP) is 0.415. The molecule has 2 aliphatic heterocycles. The highest BCUT2D eigenvalue weighted by Gasteiger charge is 2.40. The number of piperidine rings is 1. The monoisotopic (exact) mass is 316 g/mol. The largest absolute Gasteiger partial charge is 0.493 e. The lowest BCUT2D eigenvalue weighted by Crippen LogP contribution is -2.52. The fourth-order valence-electron chi connectivity index (χ4n) is 2.91. The molecule has 1 aromatic carbocycles. The zero-order valence-corrected chi connectivity index (χ0v) is 12.4. The minimum absolute atomic E-state index is 0.221. The Kier molecular flexibility index (Phi) is 4.10. The summed E-state index contributed by atoms with van der Waals surface area (Å²) < 4.78 is 5.55. The molecule has 1 aromatic rings. The smallest absolute Gasteiger partial charge is 0.255 e. The van der Waals surface area contributed by atoms with Crippen molar-refractivity contribution in [1.82, 2.24) is 10.2 Å². The standard InChI is InChI=1S/C16H16N2O5/c19-7-2-8-23-13-4-1-3-10-11(13)9-18(16(10)22)12-5-6-14(20)17-15(12)21/h1,3-4,7,12H,2,5-6,8-9H2,(H,17,20,21). The Balaban J connectivity index is 1.81. The molecule has 1 atom stereocenters. The van der Waals surface area contributed by atoms with Crippen LogP contribution in [-0.4, -0.2) is 41.6 Å². The van der Waals surface area contributed by atoms with E-state index in [-0.39, 0.29) is 37.8 Å². The van der Waals surface area contributed by atoms with Gasteiger partial charge < -0.3 is 14.4 Å². The molecule has 0 aliphatic carbocycles. The molecule has 1 N–H and O–H groups in total. The molecule has 1 saturated heterocycles. The molecule has 120 valence electrons. The zero-order chi connectivity index (χ0) is 16.4. The molecule has 3 amide bonds. The Morgan fingerprint density at radius 1 is 1.30 bits per heavy atom. The third kappa shape index (κ3) is 2.81. The van der Waals surface area contributed by atoms with Crippen LogP contribution < -0.4 is 10.1 Å². The zero-order valence-electron chi connectivity index (χ0n) is 12.4. The number of imide groups is 1. The second-order valence-electron chi connectivity index (χ2n) is 5.49. The van der Waals surface area contributed by atoms with Crippen LogP contribution in [0, 0.1) is 0 Å². The number of amides is 3. The van der Waals surface area contributed by atoms with Gasteiger partial charge in [0.05, 0.1) is 13.2 Å². The van der Waals surface area contributed by atoms with Crippen LogP contribution in [0.3, 0.4) is 0 Å². The lowest BCUT2D eigenvalue weighted by molar-refractivity contribution is -0.136. The first-order chi connectivity index (χ1) is 11.1. The van der Waals surface area contributed by atoms with Gasteiger partial charge in [0, 0.05) is 24.0 Å². The van der Waals surface area contributed by atoms with Gasteiger partial charge in [-0.25, -0.2) is 0 Å². The number of fused-ring (bicyclic) bond motifs is 1. The molecule has 1 fully saturated rings. The van der Waals surface area contributed by atoms with Gasteiger partial charge in [-0.2, -0.15) is 0 Å². The fourth-order valence-corrected chi connectivity index (χ4v) is 2.91. The molecule has 3 rings (SSSR count). The number of benzene rings is 1. The Morgan fingerprint density at radius 2 is 2.13 bits per heavy atom. The van der Waals surface area contributed by atoms with Gasteiger partial charge in [-0.3, -0.25) is 19.7 Å². The number of carbonyl (C=O) groups excluding carboxylic acids is 4. The Bertz CT molecular complexity index is 685. The number of ether oxygens (including phenoxy) is 1. The van der Waals surface area contributed by atoms with Crippen LogP contribution >= 0.6 is 0 Å². The summed E-state index contributed by atoms with van der Waals surface area (Å²) in [5.74, 6) is -0.443. The van der Waals surface area contributed by atoms with Crippen LogP contribution in [0.1, 0.15) is 35.2 Å². The molecular formula is C16H16N2O5. The minimum Gasteiger partial charge on any atom is -0.493 e. The number of carbonyl (C=O) groups is 4. The summed E-state index contributed by atoms with van der Waals surface area (Å²) in [4.78, 5) is 47.7. The number of hydrogen-bond acceptors (Lipinski definition) is 5. The third-order valence-corrected chi connectivity index (χ3v) is 4.03. The number of aldehydes is 1. The van der Waals surface area contributed by atoms with E-state index in [2.05, 4.69) is 5.32 Å². The average Bonchev–Trinajstić information content (AvgIpc) is 2.86. The van der Waals surface area contributed by atoms with Crippen molar-refractivity contribution in [1.29, 1.82) is 0 Å². The third-order valence-electron chi connectivity index (χ3n) is 4.03. The molecule has 2 aliphatic rings. The van der Waals surface area contributed by atoms with Gasteiger partial charge in [-0.05, 0) is 18.6 Å². The van der Waals surface area contributed by atoms with E-state index in [4.69, 9.17) is 4.74 Å². The van der Waals surface area contributed by atoms with Crippen LogP contribution in [0.25, 0.3) is 0 Å². The topological polar surface area (TPSA) is 92.8 Å². The van der Waals surface area contributed by atoms with E-state index >= 15 is 0 Å². The molecule has 0 radical (unpaired) electrons. The normalized spacial score (nSPS) is 20.3. The highest BCUT2D eigenvalue weighted by Crippen LogP contribution is 2.33. The van der Waals surface area contributed by atoms with Gasteiger partial charge in [0.25, 0.3) is 5.91 Å². The average molecular weight is 316 g/mol. The van der Waals surface area contributed by atoms with E-state index in [1.165, 1.54) is 4.90 Å². The quantitative estimate of drug-likeness (QED) is 0.483. The molecule has 0 bridgehead atoms. The van der Waals surface area contributed by atoms with Crippen LogP contribution in [0.2, 0.25) is 0 Å². The molecule has 1 unspecified atom stereocenters. The number of nitrogens with zero attached hydrogens (tertiary/aromatic N) is 1. The van der Waals surface area contributed by atoms with Gasteiger partial charge in [0.2, 0.25) is 11.8 Å². The SMILES string of the molecule is O=CCCOc1cccc2c1CN(C1CCC(=O)NC1=O)C2=O. The molecule has 0 spiro atoms. The van der Waals surface area contributed by atoms with Crippen molar-refractivity contribution in [2.24, 2.45) is 0 Å². The van der Waals surface area contributed by atoms with E-state index < -0.39 is 11.9 Å². The summed E-state index contributed by atoms with van der Waals surface area (Å²) in [6.07, 6.45) is 1.59. The molecule has 23 heavy (non-hydrogen) atoms. The highest BCUT2D eigenvalue weighted by molar-refractivity contribution is 6.05. The van der Waals surface area contributed by atoms with E-state index in [0.717, 1.165) is 6.29 Å². The maximum absolute atomic E-state index is 12.6. The number of hydrogen-bond donors (Lipinski definition) is 1. The summed E-state index contributed by atoms with van der Waals surface area (Å²) in [5.41, 5.74) is 1.21. The van der Waals surface area contributed by atoms with Crippen molar-refractivity contribution in [2.45, 2.75) is 31.8 Å². The Morgan fingerprint density at radius 3 is 2.87 bits per heavy atom. The number of nitrogens with one attached hydrogen (secondary N) is 1. The summed E-state index contributed by atoms with van der Waals surface area (Å²) in [5, 5.41) is 2.27. The second kappa shape index (κ2) is 6.20. The summed E-state index contributed by atoms with van der Waals surface area (Å²) >= 11 is 0. The van der Waals surface area contributed by atoms with Crippen LogP contribution in [0.5, 0.6) is 5.75 Å². The van der Waals surface area contributed by atoms with Crippen LogP contribution in [-0.2, 0) is 20.9 Å². The van der Waals surface area contributed by atoms with Crippen molar-refractivity contribution in [3.63, 3.8) is 0 Å². The van der Waals surface area contributed by atoms with Gasteiger partial charge in [-0.15, -0.1) is 0 Å². The summed E-state index contributed by atoms with van der Waals surface area (Å²) in [6.45, 7) is 0.504. The second-order valence-corrected chi connectivity index (χ2v) is 5.49. The van der Waals surface area contributed by atoms with Crippen molar-refractivity contribution in [2.75, 3.05) is 6.61 Å². The molecule has 0 aromatic heterocycles. The predicted molar refractivity (Wildman–Crippen MR) is 78.7 cm³/mol. The van der Waals surface area contributed by atoms with E-state index in [9.17, 15) is 19.2 Å². The Hall–Kier alpha value is -2.70. The lowest BCUT2D eigenvalue weighted by Gasteiger charge is -2.29. The summed E-state index contributed by atoms with van der Waals surface area (Å²) in [6, 6.07) is 4.50.